The van der Waals surface area contributed by atoms with Crippen molar-refractivity contribution in [1.82, 2.24) is 4.98 Å². The fraction of sp³-hybridized carbons (Fsp3) is 0.160. The molecule has 0 fully saturated rings. The second-order valence-electron chi connectivity index (χ2n) is 7.36. The zero-order valence-corrected chi connectivity index (χ0v) is 16.8. The van der Waals surface area contributed by atoms with Crippen molar-refractivity contribution in [3.63, 3.8) is 0 Å². The molecule has 0 saturated heterocycles. The van der Waals surface area contributed by atoms with Crippen LogP contribution in [0.1, 0.15) is 16.7 Å². The van der Waals surface area contributed by atoms with E-state index in [1.165, 1.54) is 11.1 Å². The quantitative estimate of drug-likeness (QED) is 0.418. The summed E-state index contributed by atoms with van der Waals surface area (Å²) in [6, 6.07) is 26.7. The topological polar surface area (TPSA) is 25.4 Å². The van der Waals surface area contributed by atoms with Crippen LogP contribution in [0.2, 0.25) is 5.02 Å². The maximum Gasteiger partial charge on any atom is 0.146 e. The van der Waals surface area contributed by atoms with Crippen molar-refractivity contribution in [3.05, 3.63) is 101 Å². The van der Waals surface area contributed by atoms with Crippen molar-refractivity contribution in [2.45, 2.75) is 19.6 Å². The molecule has 0 saturated carbocycles. The van der Waals surface area contributed by atoms with E-state index in [9.17, 15) is 0 Å². The third-order valence-corrected chi connectivity index (χ3v) is 5.64. The van der Waals surface area contributed by atoms with Crippen LogP contribution in [0, 0.1) is 0 Å². The van der Waals surface area contributed by atoms with Gasteiger partial charge in [-0.1, -0.05) is 60.1 Å². The number of benzene rings is 3. The van der Waals surface area contributed by atoms with Gasteiger partial charge in [-0.15, -0.1) is 0 Å². The minimum atomic E-state index is 0.461. The number of halogens is 1. The van der Waals surface area contributed by atoms with E-state index in [0.29, 0.717) is 6.61 Å². The Kier molecular flexibility index (Phi) is 4.82. The second-order valence-corrected chi connectivity index (χ2v) is 7.79. The molecule has 4 aromatic rings. The summed E-state index contributed by atoms with van der Waals surface area (Å²) < 4.78 is 6.12. The number of rotatable bonds is 4. The molecule has 3 aromatic carbocycles. The van der Waals surface area contributed by atoms with Crippen LogP contribution in [0.15, 0.2) is 78.9 Å². The Bertz CT molecular complexity index is 1170. The van der Waals surface area contributed by atoms with Gasteiger partial charge in [0, 0.05) is 23.5 Å². The van der Waals surface area contributed by atoms with Gasteiger partial charge >= 0.3 is 0 Å². The Labute approximate surface area is 175 Å². The number of aromatic nitrogens is 1. The molecule has 0 aliphatic carbocycles. The first kappa shape index (κ1) is 18.0. The van der Waals surface area contributed by atoms with Gasteiger partial charge in [0.2, 0.25) is 0 Å². The molecule has 0 amide bonds. The minimum Gasteiger partial charge on any atom is -0.487 e. The van der Waals surface area contributed by atoms with Crippen LogP contribution in [0.4, 0.5) is 5.82 Å². The van der Waals surface area contributed by atoms with Crippen molar-refractivity contribution in [2.75, 3.05) is 11.4 Å². The lowest BCUT2D eigenvalue weighted by atomic mass is 10.00. The highest BCUT2D eigenvalue weighted by molar-refractivity contribution is 6.30. The number of fused-ring (bicyclic) bond motifs is 2. The Balaban J connectivity index is 1.43. The van der Waals surface area contributed by atoms with Crippen molar-refractivity contribution in [3.8, 4) is 5.75 Å². The molecule has 0 bridgehead atoms. The monoisotopic (exact) mass is 400 g/mol. The van der Waals surface area contributed by atoms with Gasteiger partial charge in [0.25, 0.3) is 0 Å². The van der Waals surface area contributed by atoms with Crippen molar-refractivity contribution < 1.29 is 4.74 Å². The lowest BCUT2D eigenvalue weighted by molar-refractivity contribution is 0.309. The van der Waals surface area contributed by atoms with Crippen LogP contribution in [0.5, 0.6) is 5.75 Å². The van der Waals surface area contributed by atoms with Gasteiger partial charge in [-0.2, -0.15) is 0 Å². The molecule has 1 aromatic heterocycles. The predicted octanol–water partition coefficient (Wildman–Crippen LogP) is 6.03. The molecule has 0 atom stereocenters. The molecule has 0 spiro atoms. The molecule has 3 nitrogen and oxygen atoms in total. The highest BCUT2D eigenvalue weighted by Gasteiger charge is 2.17. The standard InChI is InChI=1S/C25H21ClN2O/c26-22-9-3-5-18(15-22)17-29-23-10-4-8-20-11-12-24(27-25(20)23)28-14-13-19-6-1-2-7-21(19)16-28/h1-12,15H,13-14,16-17H2. The van der Waals surface area contributed by atoms with E-state index < -0.39 is 0 Å². The van der Waals surface area contributed by atoms with Gasteiger partial charge < -0.3 is 9.64 Å². The van der Waals surface area contributed by atoms with Gasteiger partial charge in [-0.3, -0.25) is 0 Å². The highest BCUT2D eigenvalue weighted by atomic mass is 35.5. The molecule has 0 radical (unpaired) electrons. The van der Waals surface area contributed by atoms with Crippen LogP contribution in [-0.4, -0.2) is 11.5 Å². The molecule has 0 unspecified atom stereocenters. The van der Waals surface area contributed by atoms with Crippen LogP contribution in [0.25, 0.3) is 10.9 Å². The van der Waals surface area contributed by atoms with Crippen molar-refractivity contribution in [1.29, 1.82) is 0 Å². The highest BCUT2D eigenvalue weighted by Crippen LogP contribution is 2.29. The summed E-state index contributed by atoms with van der Waals surface area (Å²) in [6.07, 6.45) is 1.04. The number of para-hydroxylation sites is 1. The normalized spacial score (nSPS) is 13.3. The number of hydrogen-bond acceptors (Lipinski definition) is 3. The molecular formula is C25H21ClN2O. The molecule has 29 heavy (non-hydrogen) atoms. The van der Waals surface area contributed by atoms with Gasteiger partial charge in [0.05, 0.1) is 0 Å². The molecule has 0 N–H and O–H groups in total. The maximum atomic E-state index is 6.12. The first-order chi connectivity index (χ1) is 14.3. The SMILES string of the molecule is Clc1cccc(COc2cccc3ccc(N4CCc5ccccc5C4)nc23)c1. The van der Waals surface area contributed by atoms with Crippen LogP contribution in [0.3, 0.4) is 0 Å². The minimum absolute atomic E-state index is 0.461. The molecule has 1 aliphatic heterocycles. The lowest BCUT2D eigenvalue weighted by Crippen LogP contribution is -2.30. The summed E-state index contributed by atoms with van der Waals surface area (Å²) in [5.74, 6) is 1.78. The van der Waals surface area contributed by atoms with E-state index in [2.05, 4.69) is 47.4 Å². The molecule has 4 heteroatoms. The van der Waals surface area contributed by atoms with E-state index in [-0.39, 0.29) is 0 Å². The first-order valence-corrected chi connectivity index (χ1v) is 10.2. The molecular weight excluding hydrogens is 380 g/mol. The average molecular weight is 401 g/mol. The zero-order valence-electron chi connectivity index (χ0n) is 16.0. The Morgan fingerprint density at radius 2 is 1.76 bits per heavy atom. The summed E-state index contributed by atoms with van der Waals surface area (Å²) in [5.41, 5.74) is 4.76. The molecule has 1 aliphatic rings. The largest absolute Gasteiger partial charge is 0.487 e. The van der Waals surface area contributed by atoms with E-state index >= 15 is 0 Å². The van der Waals surface area contributed by atoms with E-state index in [1.807, 2.05) is 36.4 Å². The van der Waals surface area contributed by atoms with E-state index in [1.54, 1.807) is 0 Å². The Morgan fingerprint density at radius 1 is 0.897 bits per heavy atom. The third-order valence-electron chi connectivity index (χ3n) is 5.41. The second kappa shape index (κ2) is 7.76. The van der Waals surface area contributed by atoms with Crippen molar-refractivity contribution in [2.24, 2.45) is 0 Å². The Hall–Kier alpha value is -3.04. The van der Waals surface area contributed by atoms with Crippen LogP contribution in [-0.2, 0) is 19.6 Å². The molecule has 144 valence electrons. The van der Waals surface area contributed by atoms with Gasteiger partial charge in [-0.25, -0.2) is 4.98 Å². The summed E-state index contributed by atoms with van der Waals surface area (Å²) in [7, 11) is 0. The van der Waals surface area contributed by atoms with E-state index in [0.717, 1.165) is 52.6 Å². The predicted molar refractivity (Wildman–Crippen MR) is 119 cm³/mol. The lowest BCUT2D eigenvalue weighted by Gasteiger charge is -2.30. The average Bonchev–Trinajstić information content (AvgIpc) is 2.77. The van der Waals surface area contributed by atoms with Crippen LogP contribution >= 0.6 is 11.6 Å². The molecule has 5 rings (SSSR count). The third kappa shape index (κ3) is 3.79. The fourth-order valence-corrected chi connectivity index (χ4v) is 4.09. The van der Waals surface area contributed by atoms with Crippen LogP contribution < -0.4 is 9.64 Å². The number of ether oxygens (including phenoxy) is 1. The first-order valence-electron chi connectivity index (χ1n) is 9.85. The van der Waals surface area contributed by atoms with Crippen molar-refractivity contribution >= 4 is 28.3 Å². The summed E-state index contributed by atoms with van der Waals surface area (Å²) in [5, 5.41) is 1.80. The van der Waals surface area contributed by atoms with Gasteiger partial charge in [0.15, 0.2) is 0 Å². The molecule has 2 heterocycles. The summed E-state index contributed by atoms with van der Waals surface area (Å²) in [4.78, 5) is 7.32. The van der Waals surface area contributed by atoms with Gasteiger partial charge in [0.1, 0.15) is 23.7 Å². The smallest absolute Gasteiger partial charge is 0.146 e. The number of nitrogens with zero attached hydrogens (tertiary/aromatic N) is 2. The zero-order chi connectivity index (χ0) is 19.6. The number of pyridine rings is 1. The van der Waals surface area contributed by atoms with Gasteiger partial charge in [-0.05, 0) is 53.4 Å². The Morgan fingerprint density at radius 3 is 2.66 bits per heavy atom. The summed E-state index contributed by atoms with van der Waals surface area (Å²) >= 11 is 6.09. The number of anilines is 1. The van der Waals surface area contributed by atoms with E-state index in [4.69, 9.17) is 21.3 Å². The number of hydrogen-bond donors (Lipinski definition) is 0. The maximum absolute atomic E-state index is 6.12. The fourth-order valence-electron chi connectivity index (χ4n) is 3.88. The summed E-state index contributed by atoms with van der Waals surface area (Å²) in [6.45, 7) is 2.32.